The van der Waals surface area contributed by atoms with Crippen LogP contribution in [0.4, 0.5) is 5.69 Å². The maximum absolute atomic E-state index is 5.51. The first-order valence-corrected chi connectivity index (χ1v) is 7.93. The van der Waals surface area contributed by atoms with Crippen LogP contribution in [-0.4, -0.2) is 31.9 Å². The first-order chi connectivity index (χ1) is 11.7. The van der Waals surface area contributed by atoms with Crippen LogP contribution < -0.4 is 20.1 Å². The summed E-state index contributed by atoms with van der Waals surface area (Å²) < 4.78 is 16.1. The SMILES string of the molecule is CCOc1ccc(NC(=NC)NCc2cc(CC)no2)cc1OC. The molecule has 2 N–H and O–H groups in total. The van der Waals surface area contributed by atoms with E-state index in [-0.39, 0.29) is 0 Å². The van der Waals surface area contributed by atoms with Crippen molar-refractivity contribution in [3.63, 3.8) is 0 Å². The molecule has 2 aromatic rings. The van der Waals surface area contributed by atoms with E-state index in [9.17, 15) is 0 Å². The Labute approximate surface area is 142 Å². The second kappa shape index (κ2) is 8.81. The third-order valence-corrected chi connectivity index (χ3v) is 3.35. The zero-order chi connectivity index (χ0) is 17.4. The maximum atomic E-state index is 5.51. The smallest absolute Gasteiger partial charge is 0.195 e. The van der Waals surface area contributed by atoms with Crippen LogP contribution in [0.2, 0.25) is 0 Å². The van der Waals surface area contributed by atoms with Crippen molar-refractivity contribution in [1.82, 2.24) is 10.5 Å². The minimum Gasteiger partial charge on any atom is -0.493 e. The first-order valence-electron chi connectivity index (χ1n) is 7.93. The van der Waals surface area contributed by atoms with Crippen molar-refractivity contribution >= 4 is 11.6 Å². The average molecular weight is 332 g/mol. The second-order valence-corrected chi connectivity index (χ2v) is 4.99. The quantitative estimate of drug-likeness (QED) is 0.599. The molecule has 130 valence electrons. The molecule has 1 heterocycles. The van der Waals surface area contributed by atoms with Gasteiger partial charge in [-0.05, 0) is 25.5 Å². The number of hydrogen-bond donors (Lipinski definition) is 2. The molecule has 24 heavy (non-hydrogen) atoms. The largest absolute Gasteiger partial charge is 0.493 e. The van der Waals surface area contributed by atoms with Crippen molar-refractivity contribution in [2.75, 3.05) is 26.1 Å². The van der Waals surface area contributed by atoms with Gasteiger partial charge in [0.15, 0.2) is 23.2 Å². The molecular formula is C17H24N4O3. The van der Waals surface area contributed by atoms with Gasteiger partial charge >= 0.3 is 0 Å². The topological polar surface area (TPSA) is 80.9 Å². The maximum Gasteiger partial charge on any atom is 0.195 e. The monoisotopic (exact) mass is 332 g/mol. The van der Waals surface area contributed by atoms with Gasteiger partial charge in [-0.15, -0.1) is 0 Å². The van der Waals surface area contributed by atoms with Gasteiger partial charge in [0, 0.05) is 24.9 Å². The van der Waals surface area contributed by atoms with Crippen molar-refractivity contribution in [1.29, 1.82) is 0 Å². The number of nitrogens with zero attached hydrogens (tertiary/aromatic N) is 2. The molecule has 0 amide bonds. The Kier molecular flexibility index (Phi) is 6.48. The van der Waals surface area contributed by atoms with E-state index in [1.807, 2.05) is 38.1 Å². The highest BCUT2D eigenvalue weighted by Gasteiger charge is 2.08. The Morgan fingerprint density at radius 2 is 2.08 bits per heavy atom. The molecule has 0 bridgehead atoms. The number of benzene rings is 1. The Morgan fingerprint density at radius 1 is 1.25 bits per heavy atom. The molecule has 0 spiro atoms. The summed E-state index contributed by atoms with van der Waals surface area (Å²) >= 11 is 0. The number of hydrogen-bond acceptors (Lipinski definition) is 5. The molecule has 2 rings (SSSR count). The van der Waals surface area contributed by atoms with Gasteiger partial charge in [0.2, 0.25) is 0 Å². The highest BCUT2D eigenvalue weighted by atomic mass is 16.5. The zero-order valence-electron chi connectivity index (χ0n) is 14.5. The highest BCUT2D eigenvalue weighted by molar-refractivity contribution is 5.93. The van der Waals surface area contributed by atoms with Crippen LogP contribution in [0.15, 0.2) is 33.8 Å². The van der Waals surface area contributed by atoms with Crippen LogP contribution in [0.25, 0.3) is 0 Å². The van der Waals surface area contributed by atoms with E-state index < -0.39 is 0 Å². The molecule has 7 nitrogen and oxygen atoms in total. The summed E-state index contributed by atoms with van der Waals surface area (Å²) in [6, 6.07) is 7.56. The normalized spacial score (nSPS) is 11.2. The fraction of sp³-hybridized carbons (Fsp3) is 0.412. The number of nitrogens with one attached hydrogen (secondary N) is 2. The van der Waals surface area contributed by atoms with Gasteiger partial charge in [-0.2, -0.15) is 0 Å². The van der Waals surface area contributed by atoms with Gasteiger partial charge in [-0.3, -0.25) is 4.99 Å². The standard InChI is InChI=1S/C17H24N4O3/c1-5-12-9-14(24-21-12)11-19-17(18-3)20-13-7-8-15(23-6-2)16(10-13)22-4/h7-10H,5-6,11H2,1-4H3,(H2,18,19,20). The van der Waals surface area contributed by atoms with Crippen LogP contribution in [0.3, 0.4) is 0 Å². The number of ether oxygens (including phenoxy) is 2. The molecule has 0 radical (unpaired) electrons. The van der Waals surface area contributed by atoms with Crippen molar-refractivity contribution < 1.29 is 14.0 Å². The molecule has 0 saturated heterocycles. The number of aryl methyl sites for hydroxylation is 1. The molecule has 1 aromatic carbocycles. The minimum absolute atomic E-state index is 0.501. The van der Waals surface area contributed by atoms with Crippen LogP contribution in [0.1, 0.15) is 25.3 Å². The fourth-order valence-corrected chi connectivity index (χ4v) is 2.11. The average Bonchev–Trinajstić information content (AvgIpc) is 3.08. The van der Waals surface area contributed by atoms with E-state index in [1.165, 1.54) is 0 Å². The molecule has 7 heteroatoms. The Balaban J connectivity index is 1.99. The van der Waals surface area contributed by atoms with Gasteiger partial charge in [-0.25, -0.2) is 0 Å². The van der Waals surface area contributed by atoms with Gasteiger partial charge in [0.25, 0.3) is 0 Å². The van der Waals surface area contributed by atoms with Crippen molar-refractivity contribution in [2.45, 2.75) is 26.8 Å². The summed E-state index contributed by atoms with van der Waals surface area (Å²) in [6.07, 6.45) is 0.850. The van der Waals surface area contributed by atoms with Crippen molar-refractivity contribution in [3.05, 3.63) is 35.7 Å². The van der Waals surface area contributed by atoms with Crippen LogP contribution in [-0.2, 0) is 13.0 Å². The summed E-state index contributed by atoms with van der Waals surface area (Å²) in [5.74, 6) is 2.76. The first kappa shape index (κ1) is 17.7. The lowest BCUT2D eigenvalue weighted by Crippen LogP contribution is -2.30. The van der Waals surface area contributed by atoms with E-state index in [2.05, 4.69) is 20.8 Å². The van der Waals surface area contributed by atoms with E-state index in [1.54, 1.807) is 14.2 Å². The van der Waals surface area contributed by atoms with Crippen LogP contribution in [0, 0.1) is 0 Å². The third kappa shape index (κ3) is 4.65. The van der Waals surface area contributed by atoms with Gasteiger partial charge < -0.3 is 24.6 Å². The predicted molar refractivity (Wildman–Crippen MR) is 93.9 cm³/mol. The molecule has 1 aromatic heterocycles. The van der Waals surface area contributed by atoms with E-state index in [4.69, 9.17) is 14.0 Å². The second-order valence-electron chi connectivity index (χ2n) is 4.99. The highest BCUT2D eigenvalue weighted by Crippen LogP contribution is 2.30. The third-order valence-electron chi connectivity index (χ3n) is 3.35. The molecule has 0 saturated carbocycles. The molecular weight excluding hydrogens is 308 g/mol. The molecule has 0 atom stereocenters. The summed E-state index contributed by atoms with van der Waals surface area (Å²) in [5.41, 5.74) is 1.78. The fourth-order valence-electron chi connectivity index (χ4n) is 2.11. The predicted octanol–water partition coefficient (Wildman–Crippen LogP) is 2.83. The lowest BCUT2D eigenvalue weighted by molar-refractivity contribution is 0.311. The molecule has 0 aliphatic carbocycles. The number of methoxy groups -OCH3 is 1. The Hall–Kier alpha value is -2.70. The summed E-state index contributed by atoms with van der Waals surface area (Å²) in [7, 11) is 3.32. The zero-order valence-corrected chi connectivity index (χ0v) is 14.5. The van der Waals surface area contributed by atoms with Gasteiger partial charge in [0.1, 0.15) is 0 Å². The summed E-state index contributed by atoms with van der Waals surface area (Å²) in [5, 5.41) is 10.4. The van der Waals surface area contributed by atoms with E-state index >= 15 is 0 Å². The molecule has 0 fully saturated rings. The van der Waals surface area contributed by atoms with Crippen molar-refractivity contribution in [2.24, 2.45) is 4.99 Å². The number of anilines is 1. The summed E-state index contributed by atoms with van der Waals surface area (Å²) in [4.78, 5) is 4.20. The van der Waals surface area contributed by atoms with E-state index in [0.717, 1.165) is 23.6 Å². The van der Waals surface area contributed by atoms with Crippen LogP contribution in [0.5, 0.6) is 11.5 Å². The number of aromatic nitrogens is 1. The van der Waals surface area contributed by atoms with Crippen LogP contribution >= 0.6 is 0 Å². The van der Waals surface area contributed by atoms with Gasteiger partial charge in [0.05, 0.1) is 26.0 Å². The summed E-state index contributed by atoms with van der Waals surface area (Å²) in [6.45, 7) is 5.06. The lowest BCUT2D eigenvalue weighted by atomic mass is 10.2. The van der Waals surface area contributed by atoms with E-state index in [0.29, 0.717) is 30.6 Å². The minimum atomic E-state index is 0.501. The molecule has 0 unspecified atom stereocenters. The number of guanidine groups is 1. The number of aliphatic imine (C=N–C) groups is 1. The van der Waals surface area contributed by atoms with Crippen molar-refractivity contribution in [3.8, 4) is 11.5 Å². The number of rotatable bonds is 7. The van der Waals surface area contributed by atoms with Gasteiger partial charge in [-0.1, -0.05) is 12.1 Å². The Bertz CT molecular complexity index is 682. The molecule has 0 aliphatic rings. The Morgan fingerprint density at radius 3 is 2.71 bits per heavy atom. The molecule has 0 aliphatic heterocycles. The lowest BCUT2D eigenvalue weighted by Gasteiger charge is -2.14.